The van der Waals surface area contributed by atoms with Crippen LogP contribution >= 0.6 is 34.8 Å². The molecule has 5 nitrogen and oxygen atoms in total. The molecule has 0 bridgehead atoms. The van der Waals surface area contributed by atoms with Crippen molar-refractivity contribution in [3.63, 3.8) is 0 Å². The number of esters is 1. The van der Waals surface area contributed by atoms with Crippen molar-refractivity contribution >= 4 is 52.4 Å². The first-order valence-corrected chi connectivity index (χ1v) is 7.66. The van der Waals surface area contributed by atoms with Crippen molar-refractivity contribution in [2.75, 3.05) is 11.9 Å². The summed E-state index contributed by atoms with van der Waals surface area (Å²) in [6, 6.07) is 10.6. The standard InChI is InChI=1S/C16H9Cl3N2O3/c17-11-5-13(19)14(6-12(11)18)21-15(22)8-24-16(23)10-3-1-9(7-20)2-4-10/h1-6H,8H2,(H,21,22). The molecule has 0 heterocycles. The van der Waals surface area contributed by atoms with Crippen LogP contribution in [0.25, 0.3) is 0 Å². The number of amides is 1. The van der Waals surface area contributed by atoms with E-state index in [4.69, 9.17) is 44.8 Å². The Hall–Kier alpha value is -2.26. The van der Waals surface area contributed by atoms with Crippen LogP contribution < -0.4 is 5.32 Å². The zero-order chi connectivity index (χ0) is 17.7. The average Bonchev–Trinajstić information content (AvgIpc) is 2.57. The number of anilines is 1. The normalized spacial score (nSPS) is 9.92. The number of carbonyl (C=O) groups is 2. The van der Waals surface area contributed by atoms with Gasteiger partial charge in [-0.1, -0.05) is 34.8 Å². The largest absolute Gasteiger partial charge is 0.452 e. The van der Waals surface area contributed by atoms with Gasteiger partial charge in [0.2, 0.25) is 0 Å². The molecule has 122 valence electrons. The number of nitrogens with one attached hydrogen (secondary N) is 1. The lowest BCUT2D eigenvalue weighted by Gasteiger charge is -2.09. The number of carbonyl (C=O) groups excluding carboxylic acids is 2. The van der Waals surface area contributed by atoms with Crippen molar-refractivity contribution in [3.8, 4) is 6.07 Å². The molecular weight excluding hydrogens is 375 g/mol. The lowest BCUT2D eigenvalue weighted by atomic mass is 10.1. The number of ether oxygens (including phenoxy) is 1. The molecule has 2 aromatic rings. The molecule has 0 fully saturated rings. The molecule has 2 aromatic carbocycles. The molecule has 0 aromatic heterocycles. The van der Waals surface area contributed by atoms with Gasteiger partial charge in [-0.05, 0) is 36.4 Å². The van der Waals surface area contributed by atoms with Crippen molar-refractivity contribution < 1.29 is 14.3 Å². The molecule has 0 saturated heterocycles. The first-order valence-electron chi connectivity index (χ1n) is 6.52. The molecule has 0 unspecified atom stereocenters. The maximum absolute atomic E-state index is 11.8. The molecule has 0 aliphatic rings. The Balaban J connectivity index is 1.94. The molecule has 0 saturated carbocycles. The van der Waals surface area contributed by atoms with Crippen LogP contribution in [0.1, 0.15) is 15.9 Å². The highest BCUT2D eigenvalue weighted by Crippen LogP contribution is 2.32. The van der Waals surface area contributed by atoms with Crippen molar-refractivity contribution in [2.45, 2.75) is 0 Å². The number of rotatable bonds is 4. The summed E-state index contributed by atoms with van der Waals surface area (Å²) < 4.78 is 4.89. The lowest BCUT2D eigenvalue weighted by Crippen LogP contribution is -2.21. The third-order valence-corrected chi connectivity index (χ3v) is 3.90. The van der Waals surface area contributed by atoms with Crippen LogP contribution in [0.15, 0.2) is 36.4 Å². The SMILES string of the molecule is N#Cc1ccc(C(=O)OCC(=O)Nc2cc(Cl)c(Cl)cc2Cl)cc1. The van der Waals surface area contributed by atoms with E-state index in [1.54, 1.807) is 0 Å². The minimum atomic E-state index is -0.685. The Kier molecular flexibility index (Phi) is 6.04. The maximum Gasteiger partial charge on any atom is 0.338 e. The number of nitriles is 1. The zero-order valence-electron chi connectivity index (χ0n) is 12.0. The van der Waals surface area contributed by atoms with Gasteiger partial charge in [-0.2, -0.15) is 5.26 Å². The fourth-order valence-electron chi connectivity index (χ4n) is 1.70. The Morgan fingerprint density at radius 1 is 1.04 bits per heavy atom. The van der Waals surface area contributed by atoms with Gasteiger partial charge in [0.25, 0.3) is 5.91 Å². The zero-order valence-corrected chi connectivity index (χ0v) is 14.2. The van der Waals surface area contributed by atoms with E-state index in [9.17, 15) is 9.59 Å². The van der Waals surface area contributed by atoms with Gasteiger partial charge >= 0.3 is 5.97 Å². The summed E-state index contributed by atoms with van der Waals surface area (Å²) in [5.74, 6) is -1.27. The van der Waals surface area contributed by atoms with Gasteiger partial charge < -0.3 is 10.1 Å². The smallest absolute Gasteiger partial charge is 0.338 e. The van der Waals surface area contributed by atoms with E-state index in [0.29, 0.717) is 5.56 Å². The molecule has 24 heavy (non-hydrogen) atoms. The summed E-state index contributed by atoms with van der Waals surface area (Å²) in [5.41, 5.74) is 0.901. The minimum absolute atomic E-state index is 0.205. The average molecular weight is 384 g/mol. The molecule has 0 aliphatic carbocycles. The molecule has 0 spiro atoms. The van der Waals surface area contributed by atoms with E-state index >= 15 is 0 Å². The number of nitrogens with zero attached hydrogens (tertiary/aromatic N) is 1. The van der Waals surface area contributed by atoms with Crippen molar-refractivity contribution in [1.29, 1.82) is 5.26 Å². The summed E-state index contributed by atoms with van der Waals surface area (Å²) in [7, 11) is 0. The summed E-state index contributed by atoms with van der Waals surface area (Å²) in [5, 5.41) is 11.9. The summed E-state index contributed by atoms with van der Waals surface area (Å²) in [4.78, 5) is 23.6. The highest BCUT2D eigenvalue weighted by molar-refractivity contribution is 6.44. The lowest BCUT2D eigenvalue weighted by molar-refractivity contribution is -0.119. The van der Waals surface area contributed by atoms with Gasteiger partial charge in [0.1, 0.15) is 0 Å². The van der Waals surface area contributed by atoms with Crippen LogP contribution in [0.3, 0.4) is 0 Å². The number of halogens is 3. The van der Waals surface area contributed by atoms with Crippen LogP contribution in [0.4, 0.5) is 5.69 Å². The Bertz CT molecular complexity index is 830. The number of hydrogen-bond donors (Lipinski definition) is 1. The first kappa shape index (κ1) is 18.1. The van der Waals surface area contributed by atoms with Gasteiger partial charge in [0.15, 0.2) is 6.61 Å². The predicted molar refractivity (Wildman–Crippen MR) is 91.5 cm³/mol. The van der Waals surface area contributed by atoms with E-state index in [2.05, 4.69) is 5.32 Å². The summed E-state index contributed by atoms with van der Waals surface area (Å²) in [6.45, 7) is -0.505. The number of benzene rings is 2. The van der Waals surface area contributed by atoms with Crippen LogP contribution in [-0.2, 0) is 9.53 Å². The highest BCUT2D eigenvalue weighted by atomic mass is 35.5. The Morgan fingerprint density at radius 2 is 1.67 bits per heavy atom. The Morgan fingerprint density at radius 3 is 2.29 bits per heavy atom. The Labute approximate surface area is 152 Å². The minimum Gasteiger partial charge on any atom is -0.452 e. The summed E-state index contributed by atoms with van der Waals surface area (Å²) in [6.07, 6.45) is 0. The highest BCUT2D eigenvalue weighted by Gasteiger charge is 2.13. The summed E-state index contributed by atoms with van der Waals surface area (Å²) >= 11 is 17.6. The van der Waals surface area contributed by atoms with E-state index in [1.165, 1.54) is 36.4 Å². The molecule has 1 N–H and O–H groups in total. The van der Waals surface area contributed by atoms with Gasteiger partial charge in [0, 0.05) is 0 Å². The third kappa shape index (κ3) is 4.62. The van der Waals surface area contributed by atoms with Gasteiger partial charge in [-0.15, -0.1) is 0 Å². The van der Waals surface area contributed by atoms with Crippen molar-refractivity contribution in [2.24, 2.45) is 0 Å². The van der Waals surface area contributed by atoms with Crippen molar-refractivity contribution in [1.82, 2.24) is 0 Å². The van der Waals surface area contributed by atoms with Gasteiger partial charge in [0.05, 0.1) is 38.0 Å². The van der Waals surface area contributed by atoms with E-state index in [0.717, 1.165) is 0 Å². The third-order valence-electron chi connectivity index (χ3n) is 2.87. The maximum atomic E-state index is 11.8. The quantitative estimate of drug-likeness (QED) is 0.630. The number of hydrogen-bond acceptors (Lipinski definition) is 4. The topological polar surface area (TPSA) is 79.2 Å². The second-order valence-corrected chi connectivity index (χ2v) is 5.78. The second-order valence-electron chi connectivity index (χ2n) is 4.56. The van der Waals surface area contributed by atoms with Crippen LogP contribution in [0, 0.1) is 11.3 Å². The molecule has 0 radical (unpaired) electrons. The predicted octanol–water partition coefficient (Wildman–Crippen LogP) is 4.31. The molecular formula is C16H9Cl3N2O3. The first-order chi connectivity index (χ1) is 11.4. The van der Waals surface area contributed by atoms with Gasteiger partial charge in [-0.3, -0.25) is 4.79 Å². The second kappa shape index (κ2) is 8.02. The van der Waals surface area contributed by atoms with Crippen molar-refractivity contribution in [3.05, 3.63) is 62.6 Å². The molecule has 0 aliphatic heterocycles. The fourth-order valence-corrected chi connectivity index (χ4v) is 2.29. The van der Waals surface area contributed by atoms with Crippen LogP contribution in [0.5, 0.6) is 0 Å². The molecule has 1 amide bonds. The molecule has 2 rings (SSSR count). The monoisotopic (exact) mass is 382 g/mol. The van der Waals surface area contributed by atoms with Gasteiger partial charge in [-0.25, -0.2) is 4.79 Å². The molecule has 0 atom stereocenters. The van der Waals surface area contributed by atoms with Crippen LogP contribution in [-0.4, -0.2) is 18.5 Å². The van der Waals surface area contributed by atoms with E-state index in [1.807, 2.05) is 6.07 Å². The van der Waals surface area contributed by atoms with E-state index in [-0.39, 0.29) is 26.3 Å². The van der Waals surface area contributed by atoms with E-state index < -0.39 is 18.5 Å². The van der Waals surface area contributed by atoms with Crippen LogP contribution in [0.2, 0.25) is 15.1 Å². The molecule has 8 heteroatoms. The fraction of sp³-hybridized carbons (Fsp3) is 0.0625.